The summed E-state index contributed by atoms with van der Waals surface area (Å²) >= 11 is 11.9. The predicted octanol–water partition coefficient (Wildman–Crippen LogP) is 3.54. The molecule has 0 radical (unpaired) electrons. The highest BCUT2D eigenvalue weighted by atomic mass is 127. The highest BCUT2D eigenvalue weighted by Crippen LogP contribution is 2.23. The van der Waals surface area contributed by atoms with Crippen LogP contribution in [-0.2, 0) is 9.53 Å². The maximum atomic E-state index is 11.3. The smallest absolute Gasteiger partial charge is 0.305 e. The quantitative estimate of drug-likeness (QED) is 0.153. The first-order chi connectivity index (χ1) is 12.0. The topological polar surface area (TPSA) is 83.0 Å². The number of aliphatic imine (C=N–C) groups is 1. The number of rotatable bonds is 9. The van der Waals surface area contributed by atoms with Crippen molar-refractivity contribution in [2.24, 2.45) is 4.99 Å². The number of aliphatic hydroxyl groups excluding tert-OH is 1. The van der Waals surface area contributed by atoms with Crippen LogP contribution in [0.3, 0.4) is 0 Å². The highest BCUT2D eigenvalue weighted by Gasteiger charge is 2.10. The molecular formula is C17H26Cl2IN3O3. The van der Waals surface area contributed by atoms with Crippen molar-refractivity contribution in [1.29, 1.82) is 0 Å². The number of carbonyl (C=O) groups excluding carboxylic acids is 1. The molecule has 0 heterocycles. The fourth-order valence-corrected chi connectivity index (χ4v) is 2.61. The number of esters is 1. The van der Waals surface area contributed by atoms with Gasteiger partial charge in [-0.25, -0.2) is 0 Å². The molecule has 0 aliphatic carbocycles. The largest absolute Gasteiger partial charge is 0.466 e. The number of halogens is 3. The molecule has 0 amide bonds. The monoisotopic (exact) mass is 517 g/mol. The van der Waals surface area contributed by atoms with Crippen molar-refractivity contribution in [1.82, 2.24) is 10.6 Å². The van der Waals surface area contributed by atoms with Crippen LogP contribution in [0.15, 0.2) is 23.2 Å². The van der Waals surface area contributed by atoms with Crippen molar-refractivity contribution in [2.75, 3.05) is 26.2 Å². The fourth-order valence-electron chi connectivity index (χ4n) is 2.07. The Hall–Kier alpha value is -0.770. The van der Waals surface area contributed by atoms with Gasteiger partial charge in [0, 0.05) is 29.6 Å². The average Bonchev–Trinajstić information content (AvgIpc) is 2.55. The van der Waals surface area contributed by atoms with Crippen LogP contribution in [0, 0.1) is 0 Å². The number of ether oxygens (including phenoxy) is 1. The molecule has 1 aromatic rings. The molecule has 148 valence electrons. The van der Waals surface area contributed by atoms with E-state index >= 15 is 0 Å². The normalized spacial score (nSPS) is 12.1. The lowest BCUT2D eigenvalue weighted by atomic mass is 10.1. The Kier molecular flexibility index (Phi) is 13.9. The second kappa shape index (κ2) is 14.3. The molecule has 0 spiro atoms. The van der Waals surface area contributed by atoms with Crippen LogP contribution >= 0.6 is 47.2 Å². The number of hydrogen-bond acceptors (Lipinski definition) is 4. The number of guanidine groups is 1. The van der Waals surface area contributed by atoms with Crippen LogP contribution in [0.1, 0.15) is 38.4 Å². The van der Waals surface area contributed by atoms with Gasteiger partial charge in [0.05, 0.1) is 19.3 Å². The summed E-state index contributed by atoms with van der Waals surface area (Å²) in [4.78, 5) is 15.6. The van der Waals surface area contributed by atoms with Gasteiger partial charge in [0.15, 0.2) is 5.96 Å². The third-order valence-electron chi connectivity index (χ3n) is 3.19. The summed E-state index contributed by atoms with van der Waals surface area (Å²) < 4.78 is 4.88. The van der Waals surface area contributed by atoms with Gasteiger partial charge in [-0.15, -0.1) is 24.0 Å². The molecule has 0 fully saturated rings. The van der Waals surface area contributed by atoms with Crippen molar-refractivity contribution in [3.05, 3.63) is 33.8 Å². The summed E-state index contributed by atoms with van der Waals surface area (Å²) in [7, 11) is 0. The zero-order chi connectivity index (χ0) is 18.7. The van der Waals surface area contributed by atoms with E-state index in [4.69, 9.17) is 27.9 Å². The van der Waals surface area contributed by atoms with Crippen LogP contribution < -0.4 is 10.6 Å². The average molecular weight is 518 g/mol. The SMILES string of the molecule is CCNC(=NCC(O)c1cc(Cl)cc(Cl)c1)NCCCC(=O)OCC.I. The molecule has 1 unspecified atom stereocenters. The van der Waals surface area contributed by atoms with Crippen molar-refractivity contribution in [3.8, 4) is 0 Å². The first-order valence-electron chi connectivity index (χ1n) is 8.28. The highest BCUT2D eigenvalue weighted by molar-refractivity contribution is 14.0. The van der Waals surface area contributed by atoms with Gasteiger partial charge in [0.25, 0.3) is 0 Å². The third kappa shape index (κ3) is 10.4. The van der Waals surface area contributed by atoms with Gasteiger partial charge in [0.2, 0.25) is 0 Å². The zero-order valence-electron chi connectivity index (χ0n) is 14.9. The molecule has 1 rings (SSSR count). The number of nitrogens with one attached hydrogen (secondary N) is 2. The van der Waals surface area contributed by atoms with E-state index in [2.05, 4.69) is 15.6 Å². The molecular weight excluding hydrogens is 492 g/mol. The molecule has 26 heavy (non-hydrogen) atoms. The molecule has 0 saturated heterocycles. The minimum absolute atomic E-state index is 0. The number of carbonyl (C=O) groups is 1. The number of nitrogens with zero attached hydrogens (tertiary/aromatic N) is 1. The van der Waals surface area contributed by atoms with Gasteiger partial charge in [-0.2, -0.15) is 0 Å². The summed E-state index contributed by atoms with van der Waals surface area (Å²) in [5, 5.41) is 17.4. The molecule has 0 aromatic heterocycles. The molecule has 1 atom stereocenters. The van der Waals surface area contributed by atoms with Crippen molar-refractivity contribution < 1.29 is 14.6 Å². The lowest BCUT2D eigenvalue weighted by Gasteiger charge is -2.13. The molecule has 0 saturated carbocycles. The van der Waals surface area contributed by atoms with E-state index in [1.54, 1.807) is 25.1 Å². The number of hydrogen-bond donors (Lipinski definition) is 3. The summed E-state index contributed by atoms with van der Waals surface area (Å²) in [6.07, 6.45) is 0.172. The van der Waals surface area contributed by atoms with Crippen molar-refractivity contribution >= 4 is 59.1 Å². The second-order valence-electron chi connectivity index (χ2n) is 5.27. The van der Waals surface area contributed by atoms with Crippen LogP contribution in [0.25, 0.3) is 0 Å². The van der Waals surface area contributed by atoms with Gasteiger partial charge < -0.3 is 20.5 Å². The lowest BCUT2D eigenvalue weighted by molar-refractivity contribution is -0.143. The zero-order valence-corrected chi connectivity index (χ0v) is 18.8. The predicted molar refractivity (Wildman–Crippen MR) is 117 cm³/mol. The van der Waals surface area contributed by atoms with Crippen LogP contribution in [-0.4, -0.2) is 43.3 Å². The Balaban J connectivity index is 0.00000625. The first-order valence-corrected chi connectivity index (χ1v) is 9.03. The van der Waals surface area contributed by atoms with E-state index in [1.165, 1.54) is 0 Å². The summed E-state index contributed by atoms with van der Waals surface area (Å²) in [5.74, 6) is 0.359. The van der Waals surface area contributed by atoms with E-state index in [1.807, 2.05) is 6.92 Å². The minimum atomic E-state index is -0.814. The Bertz CT molecular complexity index is 568. The maximum Gasteiger partial charge on any atom is 0.305 e. The van der Waals surface area contributed by atoms with E-state index in [0.717, 1.165) is 0 Å². The Labute approximate surface area is 181 Å². The molecule has 6 nitrogen and oxygen atoms in total. The van der Waals surface area contributed by atoms with Gasteiger partial charge >= 0.3 is 5.97 Å². The molecule has 3 N–H and O–H groups in total. The maximum absolute atomic E-state index is 11.3. The van der Waals surface area contributed by atoms with Gasteiger partial charge in [-0.1, -0.05) is 23.2 Å². The third-order valence-corrected chi connectivity index (χ3v) is 3.63. The van der Waals surface area contributed by atoms with E-state index in [-0.39, 0.29) is 36.5 Å². The van der Waals surface area contributed by atoms with E-state index in [9.17, 15) is 9.90 Å². The number of aliphatic hydroxyl groups is 1. The standard InChI is InChI=1S/C17H25Cl2N3O3.HI/c1-3-20-17(21-7-5-6-16(24)25-4-2)22-11-15(23)12-8-13(18)10-14(19)9-12;/h8-10,15,23H,3-7,11H2,1-2H3,(H2,20,21,22);1H. The fraction of sp³-hybridized carbons (Fsp3) is 0.529. The Morgan fingerprint density at radius 3 is 2.46 bits per heavy atom. The number of benzene rings is 1. The second-order valence-corrected chi connectivity index (χ2v) is 6.15. The molecule has 0 bridgehead atoms. The van der Waals surface area contributed by atoms with Gasteiger partial charge in [-0.05, 0) is 44.0 Å². The van der Waals surface area contributed by atoms with Gasteiger partial charge in [0.1, 0.15) is 0 Å². The van der Waals surface area contributed by atoms with Crippen LogP contribution in [0.5, 0.6) is 0 Å². The van der Waals surface area contributed by atoms with E-state index < -0.39 is 6.10 Å². The first kappa shape index (κ1) is 25.2. The molecule has 9 heteroatoms. The van der Waals surface area contributed by atoms with E-state index in [0.29, 0.717) is 54.1 Å². The lowest BCUT2D eigenvalue weighted by Crippen LogP contribution is -2.38. The molecule has 0 aliphatic heterocycles. The molecule has 1 aromatic carbocycles. The summed E-state index contributed by atoms with van der Waals surface area (Å²) in [5.41, 5.74) is 0.611. The van der Waals surface area contributed by atoms with Crippen molar-refractivity contribution in [3.63, 3.8) is 0 Å². The molecule has 0 aliphatic rings. The van der Waals surface area contributed by atoms with Crippen LogP contribution in [0.2, 0.25) is 10.0 Å². The van der Waals surface area contributed by atoms with Gasteiger partial charge in [-0.3, -0.25) is 9.79 Å². The minimum Gasteiger partial charge on any atom is -0.466 e. The summed E-state index contributed by atoms with van der Waals surface area (Å²) in [6.45, 7) is 5.53. The summed E-state index contributed by atoms with van der Waals surface area (Å²) in [6, 6.07) is 4.93. The van der Waals surface area contributed by atoms with Crippen molar-refractivity contribution in [2.45, 2.75) is 32.8 Å². The Morgan fingerprint density at radius 2 is 1.88 bits per heavy atom. The Morgan fingerprint density at radius 1 is 1.23 bits per heavy atom. The van der Waals surface area contributed by atoms with Crippen LogP contribution in [0.4, 0.5) is 0 Å².